The third-order valence-electron chi connectivity index (χ3n) is 15.6. The number of allylic oxidation sites excluding steroid dienone is 3. The van der Waals surface area contributed by atoms with Gasteiger partial charge in [0.25, 0.3) is 0 Å². The third kappa shape index (κ3) is 41.2. The lowest BCUT2D eigenvalue weighted by Crippen LogP contribution is -2.61. The minimum Gasteiger partial charge on any atom is -0.454 e. The van der Waals surface area contributed by atoms with E-state index in [2.05, 4.69) is 38.2 Å². The minimum absolute atomic E-state index is 0.130. The van der Waals surface area contributed by atoms with Gasteiger partial charge in [-0.3, -0.25) is 9.59 Å². The van der Waals surface area contributed by atoms with Crippen molar-refractivity contribution < 1.29 is 49.3 Å². The first kappa shape index (κ1) is 72.2. The summed E-state index contributed by atoms with van der Waals surface area (Å²) in [5.41, 5.74) is 0. The second kappa shape index (κ2) is 53.8. The zero-order valence-electron chi connectivity index (χ0n) is 49.6. The van der Waals surface area contributed by atoms with Gasteiger partial charge in [-0.25, -0.2) is 0 Å². The summed E-state index contributed by atoms with van der Waals surface area (Å²) in [5, 5.41) is 57.0. The van der Waals surface area contributed by atoms with Crippen LogP contribution in [0.5, 0.6) is 0 Å². The zero-order chi connectivity index (χ0) is 55.4. The first-order valence-electron chi connectivity index (χ1n) is 32.6. The molecule has 0 bridgehead atoms. The van der Waals surface area contributed by atoms with Crippen LogP contribution in [0.3, 0.4) is 0 Å². The number of unbranched alkanes of at least 4 members (excludes halogenated alkanes) is 40. The van der Waals surface area contributed by atoms with Crippen LogP contribution in [0, 0.1) is 0 Å². The summed E-state index contributed by atoms with van der Waals surface area (Å²) >= 11 is 0. The number of esters is 1. The molecule has 0 radical (unpaired) electrons. The standard InChI is InChI=1S/C65H123NO10/c1-4-7-10-13-16-19-22-25-27-29-31-32-34-37-40-43-46-49-52-58(69)64(73)66-56(57(68)51-48-45-42-39-36-24-21-18-15-12-9-6-3)55-74-65-63(62(72)61(71)59(54-67)75-65)76-60(70)53-50-47-44-41-38-35-33-30-28-26-23-20-17-14-11-8-5-2/h25,27,48,51,56-59,61-63,65,67-69,71-72H,4-24,26,28-47,49-50,52-55H2,1-3H3,(H,66,73)/b27-25+,51-48+. The van der Waals surface area contributed by atoms with Crippen LogP contribution in [0.15, 0.2) is 24.3 Å². The fraction of sp³-hybridized carbons (Fsp3) is 0.908. The summed E-state index contributed by atoms with van der Waals surface area (Å²) < 4.78 is 17.6. The Bertz CT molecular complexity index is 1330. The fourth-order valence-corrected chi connectivity index (χ4v) is 10.4. The van der Waals surface area contributed by atoms with Gasteiger partial charge in [0.05, 0.1) is 25.4 Å². The van der Waals surface area contributed by atoms with Crippen molar-refractivity contribution in [2.45, 2.75) is 365 Å². The SMILES string of the molecule is CCCCCCCC/C=C/CCCCCCCCCCC(O)C(=O)NC(COC1OC(CO)C(O)C(O)C1OC(=O)CCCCCCCCCCCCCCCCCCC)C(O)/C=C/CCCCCCCCCCCC. The summed E-state index contributed by atoms with van der Waals surface area (Å²) in [5.74, 6) is -1.18. The van der Waals surface area contributed by atoms with E-state index in [9.17, 15) is 35.1 Å². The molecule has 0 aromatic rings. The lowest BCUT2D eigenvalue weighted by atomic mass is 9.99. The Morgan fingerprint density at radius 1 is 0.500 bits per heavy atom. The maximum atomic E-state index is 13.4. The average molecular weight is 1080 g/mol. The van der Waals surface area contributed by atoms with E-state index >= 15 is 0 Å². The molecule has 76 heavy (non-hydrogen) atoms. The highest BCUT2D eigenvalue weighted by atomic mass is 16.7. The first-order valence-corrected chi connectivity index (χ1v) is 32.6. The molecule has 6 N–H and O–H groups in total. The van der Waals surface area contributed by atoms with Crippen molar-refractivity contribution in [3.63, 3.8) is 0 Å². The third-order valence-corrected chi connectivity index (χ3v) is 15.6. The fourth-order valence-electron chi connectivity index (χ4n) is 10.4. The van der Waals surface area contributed by atoms with Crippen molar-refractivity contribution in [3.8, 4) is 0 Å². The van der Waals surface area contributed by atoms with Gasteiger partial charge in [0.1, 0.15) is 24.4 Å². The molecule has 1 fully saturated rings. The normalized spacial score (nSPS) is 19.2. The van der Waals surface area contributed by atoms with E-state index in [1.165, 1.54) is 205 Å². The minimum atomic E-state index is -1.61. The molecule has 0 aliphatic carbocycles. The van der Waals surface area contributed by atoms with Crippen molar-refractivity contribution in [1.29, 1.82) is 0 Å². The van der Waals surface area contributed by atoms with Gasteiger partial charge in [-0.1, -0.05) is 283 Å². The topological polar surface area (TPSA) is 175 Å². The van der Waals surface area contributed by atoms with E-state index in [0.717, 1.165) is 64.2 Å². The Morgan fingerprint density at radius 2 is 0.868 bits per heavy atom. The number of nitrogens with one attached hydrogen (secondary N) is 1. The lowest BCUT2D eigenvalue weighted by Gasteiger charge is -2.41. The van der Waals surface area contributed by atoms with E-state index in [1.54, 1.807) is 6.08 Å². The number of hydrogen-bond donors (Lipinski definition) is 6. The highest BCUT2D eigenvalue weighted by Gasteiger charge is 2.47. The van der Waals surface area contributed by atoms with Crippen LogP contribution >= 0.6 is 0 Å². The van der Waals surface area contributed by atoms with Gasteiger partial charge in [0, 0.05) is 6.42 Å². The number of rotatable bonds is 56. The molecule has 1 saturated heterocycles. The second-order valence-corrected chi connectivity index (χ2v) is 22.9. The number of aliphatic hydroxyl groups excluding tert-OH is 5. The van der Waals surface area contributed by atoms with Crippen LogP contribution in [-0.2, 0) is 23.8 Å². The number of hydrogen-bond acceptors (Lipinski definition) is 10. The molecule has 0 saturated carbocycles. The predicted molar refractivity (Wildman–Crippen MR) is 315 cm³/mol. The molecule has 0 aromatic carbocycles. The van der Waals surface area contributed by atoms with Crippen molar-refractivity contribution >= 4 is 11.9 Å². The molecular formula is C65H123NO10. The van der Waals surface area contributed by atoms with Gasteiger partial charge >= 0.3 is 5.97 Å². The van der Waals surface area contributed by atoms with Crippen molar-refractivity contribution in [2.24, 2.45) is 0 Å². The van der Waals surface area contributed by atoms with E-state index in [-0.39, 0.29) is 13.0 Å². The molecule has 1 aliphatic heterocycles. The van der Waals surface area contributed by atoms with E-state index in [1.807, 2.05) is 6.08 Å². The van der Waals surface area contributed by atoms with Crippen LogP contribution in [0.25, 0.3) is 0 Å². The summed E-state index contributed by atoms with van der Waals surface area (Å²) in [4.78, 5) is 26.6. The van der Waals surface area contributed by atoms with Gasteiger partial charge in [-0.2, -0.15) is 0 Å². The molecule has 11 heteroatoms. The largest absolute Gasteiger partial charge is 0.454 e. The molecule has 448 valence electrons. The Hall–Kier alpha value is -1.86. The molecule has 8 unspecified atom stereocenters. The molecule has 1 aliphatic rings. The molecule has 0 spiro atoms. The van der Waals surface area contributed by atoms with Gasteiger partial charge < -0.3 is 45.1 Å². The molecular weight excluding hydrogens is 955 g/mol. The number of ether oxygens (including phenoxy) is 3. The van der Waals surface area contributed by atoms with Crippen LogP contribution in [-0.4, -0.2) is 99.6 Å². The van der Waals surface area contributed by atoms with Crippen molar-refractivity contribution in [2.75, 3.05) is 13.2 Å². The van der Waals surface area contributed by atoms with E-state index in [4.69, 9.17) is 14.2 Å². The van der Waals surface area contributed by atoms with Gasteiger partial charge in [0.2, 0.25) is 5.91 Å². The lowest BCUT2D eigenvalue weighted by molar-refractivity contribution is -0.305. The Kier molecular flexibility index (Phi) is 51.0. The predicted octanol–water partition coefficient (Wildman–Crippen LogP) is 15.7. The average Bonchev–Trinajstić information content (AvgIpc) is 3.42. The molecule has 11 nitrogen and oxygen atoms in total. The molecule has 8 atom stereocenters. The monoisotopic (exact) mass is 1080 g/mol. The van der Waals surface area contributed by atoms with Gasteiger partial charge in [-0.05, 0) is 51.4 Å². The Balaban J connectivity index is 2.64. The molecule has 1 rings (SSSR count). The van der Waals surface area contributed by atoms with E-state index < -0.39 is 67.4 Å². The zero-order valence-corrected chi connectivity index (χ0v) is 49.6. The number of carbonyl (C=O) groups excluding carboxylic acids is 2. The number of aliphatic hydroxyl groups is 5. The summed E-state index contributed by atoms with van der Waals surface area (Å²) in [7, 11) is 0. The highest BCUT2D eigenvalue weighted by Crippen LogP contribution is 2.26. The Labute approximate surface area is 467 Å². The van der Waals surface area contributed by atoms with Crippen molar-refractivity contribution in [3.05, 3.63) is 24.3 Å². The second-order valence-electron chi connectivity index (χ2n) is 22.9. The summed E-state index contributed by atoms with van der Waals surface area (Å²) in [6.07, 6.45) is 52.1. The number of carbonyl (C=O) groups is 2. The summed E-state index contributed by atoms with van der Waals surface area (Å²) in [6.45, 7) is 5.82. The van der Waals surface area contributed by atoms with Crippen LogP contribution < -0.4 is 5.32 Å². The van der Waals surface area contributed by atoms with Gasteiger partial charge in [0.15, 0.2) is 12.4 Å². The van der Waals surface area contributed by atoms with Crippen LogP contribution in [0.1, 0.15) is 316 Å². The van der Waals surface area contributed by atoms with Crippen molar-refractivity contribution in [1.82, 2.24) is 5.32 Å². The van der Waals surface area contributed by atoms with Gasteiger partial charge in [-0.15, -0.1) is 0 Å². The number of amides is 1. The van der Waals surface area contributed by atoms with Crippen LogP contribution in [0.4, 0.5) is 0 Å². The molecule has 1 heterocycles. The first-order chi connectivity index (χ1) is 37.2. The molecule has 1 amide bonds. The van der Waals surface area contributed by atoms with Crippen LogP contribution in [0.2, 0.25) is 0 Å². The smallest absolute Gasteiger partial charge is 0.306 e. The molecule has 0 aromatic heterocycles. The van der Waals surface area contributed by atoms with E-state index in [0.29, 0.717) is 19.3 Å². The summed E-state index contributed by atoms with van der Waals surface area (Å²) in [6, 6.07) is -1.02. The maximum Gasteiger partial charge on any atom is 0.306 e. The highest BCUT2D eigenvalue weighted by molar-refractivity contribution is 5.80. The maximum absolute atomic E-state index is 13.4. The quantitative estimate of drug-likeness (QED) is 0.0195. The Morgan fingerprint density at radius 3 is 1.28 bits per heavy atom.